The molecule has 0 saturated carbocycles. The Hall–Kier alpha value is -2.22. The number of hydrogen-bond acceptors (Lipinski definition) is 5. The maximum absolute atomic E-state index is 12.8. The van der Waals surface area contributed by atoms with Crippen LogP contribution in [0.25, 0.3) is 17.3 Å². The molecule has 2 aromatic carbocycles. The fourth-order valence-corrected chi connectivity index (χ4v) is 4.78. The molecule has 3 aromatic rings. The van der Waals surface area contributed by atoms with Gasteiger partial charge in [-0.05, 0) is 42.5 Å². The van der Waals surface area contributed by atoms with E-state index in [4.69, 9.17) is 0 Å². The van der Waals surface area contributed by atoms with E-state index in [0.717, 1.165) is 21.3 Å². The van der Waals surface area contributed by atoms with E-state index in [9.17, 15) is 4.79 Å². The smallest absolute Gasteiger partial charge is 0.266 e. The van der Waals surface area contributed by atoms with Crippen LogP contribution < -0.4 is 0 Å². The lowest BCUT2D eigenvalue weighted by atomic mass is 10.2. The van der Waals surface area contributed by atoms with E-state index < -0.39 is 0 Å². The molecule has 0 radical (unpaired) electrons. The van der Waals surface area contributed by atoms with Gasteiger partial charge >= 0.3 is 0 Å². The van der Waals surface area contributed by atoms with E-state index in [1.54, 1.807) is 4.90 Å². The number of thiazole rings is 1. The molecule has 28 heavy (non-hydrogen) atoms. The largest absolute Gasteiger partial charge is 0.287 e. The monoisotopic (exact) mass is 469 g/mol. The van der Waals surface area contributed by atoms with Gasteiger partial charge in [0.25, 0.3) is 5.91 Å². The quantitative estimate of drug-likeness (QED) is 0.427. The Morgan fingerprint density at radius 1 is 1.14 bits per heavy atom. The summed E-state index contributed by atoms with van der Waals surface area (Å²) >= 11 is 6.30. The van der Waals surface area contributed by atoms with Crippen molar-refractivity contribution in [1.29, 1.82) is 0 Å². The normalized spacial score (nSPS) is 17.1. The summed E-state index contributed by atoms with van der Waals surface area (Å²) in [5.74, 6) is -0.0194. The maximum atomic E-state index is 12.8. The van der Waals surface area contributed by atoms with E-state index >= 15 is 0 Å². The minimum absolute atomic E-state index is 0.0194. The number of amidine groups is 1. The zero-order valence-corrected chi connectivity index (χ0v) is 18.2. The van der Waals surface area contributed by atoms with Gasteiger partial charge in [0.05, 0.1) is 10.6 Å². The Morgan fingerprint density at radius 3 is 2.61 bits per heavy atom. The van der Waals surface area contributed by atoms with E-state index in [0.29, 0.717) is 21.7 Å². The van der Waals surface area contributed by atoms with Gasteiger partial charge in [0, 0.05) is 22.0 Å². The Balaban J connectivity index is 1.61. The first-order chi connectivity index (χ1) is 13.6. The molecule has 7 heteroatoms. The number of thioether (sulfide) groups is 1. The van der Waals surface area contributed by atoms with Gasteiger partial charge in [0.1, 0.15) is 0 Å². The van der Waals surface area contributed by atoms with E-state index in [2.05, 4.69) is 25.9 Å². The van der Waals surface area contributed by atoms with E-state index in [1.165, 1.54) is 23.1 Å². The number of rotatable bonds is 4. The molecule has 1 aliphatic heterocycles. The molecule has 4 nitrogen and oxygen atoms in total. The molecule has 1 amide bonds. The first-order valence-electron chi connectivity index (χ1n) is 8.70. The van der Waals surface area contributed by atoms with Crippen molar-refractivity contribution in [3.05, 3.63) is 74.9 Å². The molecule has 1 saturated heterocycles. The van der Waals surface area contributed by atoms with Crippen LogP contribution in [0.5, 0.6) is 0 Å². The summed E-state index contributed by atoms with van der Waals surface area (Å²) in [6.45, 7) is 2.52. The molecule has 1 fully saturated rings. The second-order valence-electron chi connectivity index (χ2n) is 5.99. The SMILES string of the molecule is CCN1C(=O)/C(=C/c2ccc(Br)cc2)S/C1=N/c1nc(-c2ccccc2)cs1. The van der Waals surface area contributed by atoms with Crippen LogP contribution in [0.1, 0.15) is 12.5 Å². The molecule has 0 aliphatic carbocycles. The van der Waals surface area contributed by atoms with E-state index in [-0.39, 0.29) is 5.91 Å². The molecule has 0 bridgehead atoms. The minimum atomic E-state index is -0.0194. The highest BCUT2D eigenvalue weighted by atomic mass is 79.9. The molecule has 4 rings (SSSR count). The lowest BCUT2D eigenvalue weighted by Gasteiger charge is -2.11. The summed E-state index contributed by atoms with van der Waals surface area (Å²) in [5.41, 5.74) is 2.94. The lowest BCUT2D eigenvalue weighted by molar-refractivity contribution is -0.122. The van der Waals surface area contributed by atoms with Gasteiger partial charge < -0.3 is 0 Å². The van der Waals surface area contributed by atoms with Crippen LogP contribution in [-0.4, -0.2) is 27.5 Å². The average molecular weight is 470 g/mol. The molecule has 140 valence electrons. The first kappa shape index (κ1) is 19.1. The standard InChI is InChI=1S/C21H16BrN3OS2/c1-2-25-19(26)18(12-14-8-10-16(22)11-9-14)28-21(25)24-20-23-17(13-27-20)15-6-4-3-5-7-15/h3-13H,2H2,1H3/b18-12-,24-21+. The fraction of sp³-hybridized carbons (Fsp3) is 0.0952. The summed E-state index contributed by atoms with van der Waals surface area (Å²) in [5, 5.41) is 3.31. The molecular formula is C21H16BrN3OS2. The summed E-state index contributed by atoms with van der Waals surface area (Å²) in [6, 6.07) is 17.9. The number of amides is 1. The zero-order chi connectivity index (χ0) is 19.5. The summed E-state index contributed by atoms with van der Waals surface area (Å²) < 4.78 is 1.01. The van der Waals surface area contributed by atoms with Crippen molar-refractivity contribution < 1.29 is 4.79 Å². The third-order valence-corrected chi connectivity index (χ3v) is 6.39. The summed E-state index contributed by atoms with van der Waals surface area (Å²) in [4.78, 5) is 24.4. The van der Waals surface area contributed by atoms with Crippen LogP contribution >= 0.6 is 39.0 Å². The van der Waals surface area contributed by atoms with Crippen molar-refractivity contribution in [2.45, 2.75) is 6.92 Å². The topological polar surface area (TPSA) is 45.6 Å². The number of likely N-dealkylation sites (N-methyl/N-ethyl adjacent to an activating group) is 1. The molecule has 1 aromatic heterocycles. The summed E-state index contributed by atoms with van der Waals surface area (Å²) in [7, 11) is 0. The molecule has 2 heterocycles. The van der Waals surface area contributed by atoms with Crippen molar-refractivity contribution in [3.63, 3.8) is 0 Å². The predicted molar refractivity (Wildman–Crippen MR) is 122 cm³/mol. The fourth-order valence-electron chi connectivity index (χ4n) is 2.72. The second kappa shape index (κ2) is 8.43. The minimum Gasteiger partial charge on any atom is -0.287 e. The maximum Gasteiger partial charge on any atom is 0.266 e. The van der Waals surface area contributed by atoms with Crippen molar-refractivity contribution >= 4 is 61.3 Å². The molecule has 0 N–H and O–H groups in total. The zero-order valence-electron chi connectivity index (χ0n) is 15.0. The number of nitrogens with zero attached hydrogens (tertiary/aromatic N) is 3. The number of aromatic nitrogens is 1. The second-order valence-corrected chi connectivity index (χ2v) is 8.75. The number of hydrogen-bond donors (Lipinski definition) is 0. The Morgan fingerprint density at radius 2 is 1.89 bits per heavy atom. The van der Waals surface area contributed by atoms with E-state index in [1.807, 2.05) is 73.0 Å². The molecule has 0 unspecified atom stereocenters. The number of aliphatic imine (C=N–C) groups is 1. The Bertz CT molecular complexity index is 1060. The van der Waals surface area contributed by atoms with Crippen LogP contribution in [0.15, 0.2) is 74.3 Å². The molecule has 0 spiro atoms. The number of carbonyl (C=O) groups is 1. The predicted octanol–water partition coefficient (Wildman–Crippen LogP) is 6.20. The van der Waals surface area contributed by atoms with Crippen molar-refractivity contribution in [2.75, 3.05) is 6.54 Å². The highest BCUT2D eigenvalue weighted by Crippen LogP contribution is 2.35. The van der Waals surface area contributed by atoms with Gasteiger partial charge in [-0.15, -0.1) is 11.3 Å². The van der Waals surface area contributed by atoms with Crippen LogP contribution in [0, 0.1) is 0 Å². The van der Waals surface area contributed by atoms with Gasteiger partial charge in [-0.3, -0.25) is 9.69 Å². The highest BCUT2D eigenvalue weighted by Gasteiger charge is 2.32. The van der Waals surface area contributed by atoms with Gasteiger partial charge in [-0.1, -0.05) is 58.4 Å². The van der Waals surface area contributed by atoms with Gasteiger partial charge in [-0.25, -0.2) is 4.98 Å². The first-order valence-corrected chi connectivity index (χ1v) is 11.2. The third-order valence-electron chi connectivity index (χ3n) is 4.12. The van der Waals surface area contributed by atoms with Crippen molar-refractivity contribution in [2.24, 2.45) is 4.99 Å². The average Bonchev–Trinajstić information content (AvgIpc) is 3.29. The third kappa shape index (κ3) is 4.11. The van der Waals surface area contributed by atoms with Gasteiger partial charge in [0.2, 0.25) is 5.13 Å². The van der Waals surface area contributed by atoms with Gasteiger partial charge in [-0.2, -0.15) is 4.99 Å². The van der Waals surface area contributed by atoms with Crippen LogP contribution in [0.3, 0.4) is 0 Å². The summed E-state index contributed by atoms with van der Waals surface area (Å²) in [6.07, 6.45) is 1.90. The number of benzene rings is 2. The highest BCUT2D eigenvalue weighted by molar-refractivity contribution is 9.10. The van der Waals surface area contributed by atoms with Crippen LogP contribution in [-0.2, 0) is 4.79 Å². The number of halogens is 1. The van der Waals surface area contributed by atoms with Crippen LogP contribution in [0.2, 0.25) is 0 Å². The van der Waals surface area contributed by atoms with Gasteiger partial charge in [0.15, 0.2) is 5.17 Å². The lowest BCUT2D eigenvalue weighted by Crippen LogP contribution is -2.28. The molecule has 0 atom stereocenters. The Labute approximate surface area is 180 Å². The number of carbonyl (C=O) groups excluding carboxylic acids is 1. The van der Waals surface area contributed by atoms with Crippen LogP contribution in [0.4, 0.5) is 5.13 Å². The molecule has 1 aliphatic rings. The van der Waals surface area contributed by atoms with Crippen molar-refractivity contribution in [3.8, 4) is 11.3 Å². The van der Waals surface area contributed by atoms with Crippen molar-refractivity contribution in [1.82, 2.24) is 9.88 Å². The molecular weight excluding hydrogens is 454 g/mol. The Kier molecular flexibility index (Phi) is 5.75.